The highest BCUT2D eigenvalue weighted by Crippen LogP contribution is 2.71. The van der Waals surface area contributed by atoms with Crippen LogP contribution in [0.1, 0.15) is 141 Å². The molecule has 8 aliphatic rings. The van der Waals surface area contributed by atoms with E-state index in [0.717, 1.165) is 60.0 Å². The summed E-state index contributed by atoms with van der Waals surface area (Å²) in [5.41, 5.74) is 0.614. The lowest BCUT2D eigenvalue weighted by Crippen LogP contribution is -2.79. The predicted molar refractivity (Wildman–Crippen MR) is 164 cm³/mol. The highest BCUT2D eigenvalue weighted by molar-refractivity contribution is 6.64. The third-order valence-electron chi connectivity index (χ3n) is 14.9. The van der Waals surface area contributed by atoms with E-state index in [1.165, 1.54) is 109 Å². The minimum atomic E-state index is 0.614. The summed E-state index contributed by atoms with van der Waals surface area (Å²) in [6.45, 7) is 3.59. The molecular formula is C35H60BN3. The van der Waals surface area contributed by atoms with Gasteiger partial charge >= 0.3 is 0 Å². The van der Waals surface area contributed by atoms with Gasteiger partial charge < -0.3 is 10.6 Å². The van der Waals surface area contributed by atoms with Gasteiger partial charge in [-0.1, -0.05) is 102 Å². The number of hydrogen-bond acceptors (Lipinski definition) is 3. The molecule has 218 valence electrons. The molecule has 1 spiro atoms. The summed E-state index contributed by atoms with van der Waals surface area (Å²) in [7, 11) is 0. The van der Waals surface area contributed by atoms with E-state index >= 15 is 0 Å². The Kier molecular flexibility index (Phi) is 7.64. The molecule has 0 aromatic carbocycles. The molecule has 8 fully saturated rings. The van der Waals surface area contributed by atoms with Gasteiger partial charge in [0.05, 0.1) is 6.17 Å². The Labute approximate surface area is 241 Å². The second kappa shape index (κ2) is 11.2. The van der Waals surface area contributed by atoms with E-state index in [4.69, 9.17) is 0 Å². The second-order valence-electron chi connectivity index (χ2n) is 16.1. The third-order valence-corrected chi connectivity index (χ3v) is 14.9. The first-order valence-electron chi connectivity index (χ1n) is 18.6. The van der Waals surface area contributed by atoms with Gasteiger partial charge in [-0.2, -0.15) is 0 Å². The molecule has 4 saturated carbocycles. The van der Waals surface area contributed by atoms with Crippen LogP contribution in [0.3, 0.4) is 0 Å². The lowest BCUT2D eigenvalue weighted by Gasteiger charge is -2.74. The monoisotopic (exact) mass is 533 g/mol. The molecule has 8 rings (SSSR count). The van der Waals surface area contributed by atoms with Crippen LogP contribution in [-0.2, 0) is 0 Å². The standard InChI is InChI=1S/C35H60BN3/c1-3-13-25(14-4-1)36-31-21-9-7-17-27(31)35(29-19-11-23-37-33(29)36)28-18-8-10-22-32(28)39(26-15-5-2-6-16-26)34-30(35)20-12-24-38-34/h25-34,37-38H,1-24H2. The van der Waals surface area contributed by atoms with E-state index in [1.54, 1.807) is 44.9 Å². The largest absolute Gasteiger partial charge is 0.321 e. The molecule has 4 aliphatic carbocycles. The molecule has 4 heterocycles. The second-order valence-corrected chi connectivity index (χ2v) is 16.1. The van der Waals surface area contributed by atoms with E-state index in [9.17, 15) is 0 Å². The maximum absolute atomic E-state index is 4.40. The molecule has 0 bridgehead atoms. The lowest BCUT2D eigenvalue weighted by molar-refractivity contribution is -0.220. The number of rotatable bonds is 2. The Morgan fingerprint density at radius 2 is 1.13 bits per heavy atom. The Hall–Kier alpha value is -0.0551. The SMILES string of the molecule is C1CCC(B2C3CCCCC3C3(C4CCCNC24)C2CCCCC2N(C2CCCCC2)C2NCCCC23)CC1. The van der Waals surface area contributed by atoms with Crippen LogP contribution in [-0.4, -0.2) is 48.9 Å². The fourth-order valence-corrected chi connectivity index (χ4v) is 14.0. The maximum Gasteiger partial charge on any atom is 0.167 e. The molecule has 39 heavy (non-hydrogen) atoms. The van der Waals surface area contributed by atoms with E-state index < -0.39 is 0 Å². The predicted octanol–water partition coefficient (Wildman–Crippen LogP) is 7.82. The average molecular weight is 534 g/mol. The van der Waals surface area contributed by atoms with Gasteiger partial charge in [0.25, 0.3) is 0 Å². The van der Waals surface area contributed by atoms with Gasteiger partial charge in [0.15, 0.2) is 6.71 Å². The van der Waals surface area contributed by atoms with E-state index in [2.05, 4.69) is 15.5 Å². The molecule has 3 nitrogen and oxygen atoms in total. The van der Waals surface area contributed by atoms with Gasteiger partial charge in [0.1, 0.15) is 0 Å². The van der Waals surface area contributed by atoms with Gasteiger partial charge in [-0.15, -0.1) is 0 Å². The van der Waals surface area contributed by atoms with Crippen molar-refractivity contribution in [2.75, 3.05) is 13.1 Å². The zero-order valence-electron chi connectivity index (χ0n) is 25.3. The maximum atomic E-state index is 4.40. The molecule has 4 aliphatic heterocycles. The Balaban J connectivity index is 1.26. The molecule has 4 heteroatoms. The van der Waals surface area contributed by atoms with Crippen molar-refractivity contribution in [1.29, 1.82) is 0 Å². The van der Waals surface area contributed by atoms with Gasteiger partial charge in [-0.05, 0) is 99.5 Å². The van der Waals surface area contributed by atoms with Crippen LogP contribution in [0.2, 0.25) is 11.6 Å². The summed E-state index contributed by atoms with van der Waals surface area (Å²) in [6, 6.07) is 1.76. The molecule has 4 saturated heterocycles. The van der Waals surface area contributed by atoms with Crippen molar-refractivity contribution in [2.45, 2.75) is 177 Å². The summed E-state index contributed by atoms with van der Waals surface area (Å²) in [6.07, 6.45) is 34.2. The van der Waals surface area contributed by atoms with Gasteiger partial charge in [0.2, 0.25) is 0 Å². The number of nitrogens with zero attached hydrogens (tertiary/aromatic N) is 1. The molecule has 0 radical (unpaired) electrons. The highest BCUT2D eigenvalue weighted by atomic mass is 15.3. The zero-order valence-corrected chi connectivity index (χ0v) is 25.3. The molecule has 9 unspecified atom stereocenters. The first-order chi connectivity index (χ1) is 19.4. The van der Waals surface area contributed by atoms with E-state index in [-0.39, 0.29) is 0 Å². The summed E-state index contributed by atoms with van der Waals surface area (Å²) < 4.78 is 0. The number of hydrogen-bond donors (Lipinski definition) is 2. The molecule has 0 amide bonds. The van der Waals surface area contributed by atoms with Crippen molar-refractivity contribution in [1.82, 2.24) is 15.5 Å². The Morgan fingerprint density at radius 1 is 0.513 bits per heavy atom. The quantitative estimate of drug-likeness (QED) is 0.355. The summed E-state index contributed by atoms with van der Waals surface area (Å²) in [4.78, 5) is 3.26. The van der Waals surface area contributed by atoms with Gasteiger partial charge in [-0.25, -0.2) is 0 Å². The number of likely N-dealkylation sites (tertiary alicyclic amines) is 1. The highest BCUT2D eigenvalue weighted by Gasteiger charge is 2.70. The van der Waals surface area contributed by atoms with Crippen molar-refractivity contribution in [3.8, 4) is 0 Å². The fourth-order valence-electron chi connectivity index (χ4n) is 14.0. The smallest absolute Gasteiger partial charge is 0.167 e. The van der Waals surface area contributed by atoms with Crippen molar-refractivity contribution in [2.24, 2.45) is 29.1 Å². The Bertz CT molecular complexity index is 716. The van der Waals surface area contributed by atoms with Crippen LogP contribution in [0.5, 0.6) is 0 Å². The summed E-state index contributed by atoms with van der Waals surface area (Å²) in [5, 5.41) is 8.75. The molecule has 0 aromatic heterocycles. The first kappa shape index (κ1) is 26.6. The van der Waals surface area contributed by atoms with Crippen molar-refractivity contribution >= 4 is 6.71 Å². The van der Waals surface area contributed by atoms with Crippen LogP contribution < -0.4 is 10.6 Å². The van der Waals surface area contributed by atoms with Crippen LogP contribution in [0.15, 0.2) is 0 Å². The Morgan fingerprint density at radius 3 is 1.95 bits per heavy atom. The molecule has 9 atom stereocenters. The van der Waals surface area contributed by atoms with Gasteiger partial charge in [-0.3, -0.25) is 4.90 Å². The van der Waals surface area contributed by atoms with Crippen LogP contribution in [0.4, 0.5) is 0 Å². The van der Waals surface area contributed by atoms with Crippen LogP contribution in [0.25, 0.3) is 0 Å². The molecule has 2 N–H and O–H groups in total. The zero-order chi connectivity index (χ0) is 25.8. The normalized spacial score (nSPS) is 48.2. The number of nitrogens with one attached hydrogen (secondary N) is 2. The van der Waals surface area contributed by atoms with Crippen molar-refractivity contribution < 1.29 is 0 Å². The molecule has 0 aromatic rings. The minimum absolute atomic E-state index is 0.614. The van der Waals surface area contributed by atoms with Crippen molar-refractivity contribution in [3.63, 3.8) is 0 Å². The van der Waals surface area contributed by atoms with Gasteiger partial charge in [0, 0.05) is 12.1 Å². The summed E-state index contributed by atoms with van der Waals surface area (Å²) >= 11 is 0. The third kappa shape index (κ3) is 4.21. The fraction of sp³-hybridized carbons (Fsp3) is 1.00. The van der Waals surface area contributed by atoms with E-state index in [0.29, 0.717) is 11.6 Å². The van der Waals surface area contributed by atoms with Crippen LogP contribution in [0, 0.1) is 29.1 Å². The summed E-state index contributed by atoms with van der Waals surface area (Å²) in [5.74, 6) is 6.80. The average Bonchev–Trinajstić information content (AvgIpc) is 3.02. The topological polar surface area (TPSA) is 27.3 Å². The van der Waals surface area contributed by atoms with Crippen LogP contribution >= 0.6 is 0 Å². The number of piperidine rings is 3. The minimum Gasteiger partial charge on any atom is -0.321 e. The van der Waals surface area contributed by atoms with Crippen molar-refractivity contribution in [3.05, 3.63) is 0 Å². The molecular weight excluding hydrogens is 473 g/mol. The van der Waals surface area contributed by atoms with E-state index in [1.807, 2.05) is 0 Å². The lowest BCUT2D eigenvalue weighted by atomic mass is 9.17. The first-order valence-corrected chi connectivity index (χ1v) is 18.6. The number of fused-ring (bicyclic) bond motifs is 8.